The highest BCUT2D eigenvalue weighted by Crippen LogP contribution is 2.26. The van der Waals surface area contributed by atoms with Gasteiger partial charge in [0.05, 0.1) is 6.54 Å². The van der Waals surface area contributed by atoms with Gasteiger partial charge in [-0.1, -0.05) is 13.8 Å². The molecule has 0 aromatic carbocycles. The first-order chi connectivity index (χ1) is 11.0. The molecule has 1 saturated carbocycles. The van der Waals surface area contributed by atoms with Crippen molar-refractivity contribution in [2.75, 3.05) is 19.6 Å². The third kappa shape index (κ3) is 4.22. The van der Waals surface area contributed by atoms with E-state index in [4.69, 9.17) is 5.11 Å². The number of likely N-dealkylation sites (tertiary alicyclic amines) is 1. The van der Waals surface area contributed by atoms with E-state index in [1.807, 2.05) is 18.7 Å². The molecule has 1 heterocycles. The maximum absolute atomic E-state index is 12.4. The maximum atomic E-state index is 12.4. The molecule has 0 bridgehead atoms. The van der Waals surface area contributed by atoms with Crippen LogP contribution in [0.3, 0.4) is 0 Å². The number of likely N-dealkylation sites (N-methyl/N-ethyl adjacent to an activating group) is 1. The zero-order valence-electron chi connectivity index (χ0n) is 14.0. The molecule has 1 atom stereocenters. The molecule has 7 heteroatoms. The Morgan fingerprint density at radius 1 is 1.39 bits per heavy atom. The van der Waals surface area contributed by atoms with Crippen molar-refractivity contribution in [2.45, 2.75) is 64.1 Å². The van der Waals surface area contributed by atoms with E-state index in [1.165, 1.54) is 0 Å². The van der Waals surface area contributed by atoms with E-state index in [9.17, 15) is 14.4 Å². The summed E-state index contributed by atoms with van der Waals surface area (Å²) in [6.45, 7) is 5.27. The fourth-order valence-corrected chi connectivity index (χ4v) is 3.52. The first-order valence-corrected chi connectivity index (χ1v) is 8.51. The minimum absolute atomic E-state index is 0.0434. The van der Waals surface area contributed by atoms with Gasteiger partial charge in [0, 0.05) is 25.0 Å². The minimum Gasteiger partial charge on any atom is -0.480 e. The van der Waals surface area contributed by atoms with Crippen LogP contribution >= 0.6 is 0 Å². The third-order valence-corrected chi connectivity index (χ3v) is 4.90. The van der Waals surface area contributed by atoms with Crippen LogP contribution < -0.4 is 5.32 Å². The van der Waals surface area contributed by atoms with Crippen LogP contribution in [0, 0.1) is 0 Å². The molecule has 23 heavy (non-hydrogen) atoms. The van der Waals surface area contributed by atoms with Gasteiger partial charge in [0.2, 0.25) is 11.8 Å². The lowest BCUT2D eigenvalue weighted by Crippen LogP contribution is -2.58. The summed E-state index contributed by atoms with van der Waals surface area (Å²) < 4.78 is 0. The molecule has 1 aliphatic heterocycles. The normalized spacial score (nSPS) is 25.3. The second-order valence-corrected chi connectivity index (χ2v) is 6.40. The van der Waals surface area contributed by atoms with E-state index >= 15 is 0 Å². The Morgan fingerprint density at radius 3 is 2.57 bits per heavy atom. The van der Waals surface area contributed by atoms with Gasteiger partial charge in [0.1, 0.15) is 6.04 Å². The summed E-state index contributed by atoms with van der Waals surface area (Å²) >= 11 is 0. The monoisotopic (exact) mass is 325 g/mol. The summed E-state index contributed by atoms with van der Waals surface area (Å²) in [4.78, 5) is 38.7. The summed E-state index contributed by atoms with van der Waals surface area (Å²) in [5, 5.41) is 11.9. The Morgan fingerprint density at radius 2 is 2.09 bits per heavy atom. The van der Waals surface area contributed by atoms with Crippen LogP contribution in [-0.2, 0) is 14.4 Å². The molecule has 7 nitrogen and oxygen atoms in total. The van der Waals surface area contributed by atoms with E-state index in [0.717, 1.165) is 19.3 Å². The lowest BCUT2D eigenvalue weighted by atomic mass is 9.85. The number of amides is 2. The zero-order chi connectivity index (χ0) is 17.0. The van der Waals surface area contributed by atoms with E-state index in [1.54, 1.807) is 4.90 Å². The maximum Gasteiger partial charge on any atom is 0.317 e. The fraction of sp³-hybridized carbons (Fsp3) is 0.812. The van der Waals surface area contributed by atoms with Crippen LogP contribution in [0.2, 0.25) is 0 Å². The zero-order valence-corrected chi connectivity index (χ0v) is 14.0. The highest BCUT2D eigenvalue weighted by molar-refractivity contribution is 5.88. The van der Waals surface area contributed by atoms with Crippen LogP contribution in [0.15, 0.2) is 0 Å². The van der Waals surface area contributed by atoms with E-state index < -0.39 is 5.97 Å². The number of carboxylic acids is 1. The van der Waals surface area contributed by atoms with E-state index in [-0.39, 0.29) is 36.5 Å². The number of hydrogen-bond donors (Lipinski definition) is 2. The molecule has 1 unspecified atom stereocenters. The number of nitrogens with zero attached hydrogens (tertiary/aromatic N) is 2. The van der Waals surface area contributed by atoms with Crippen molar-refractivity contribution in [3.05, 3.63) is 0 Å². The van der Waals surface area contributed by atoms with Crippen LogP contribution in [0.4, 0.5) is 0 Å². The molecule has 1 aliphatic carbocycles. The standard InChI is InChI=1S/C16H27N3O4/c1-3-13(19-7-5-6-14(19)20)16(23)17-11-8-12(9-11)18(4-2)10-15(21)22/h11-13H,3-10H2,1-2H3,(H,17,23)(H,21,22). The number of rotatable bonds is 8. The molecular formula is C16H27N3O4. The highest BCUT2D eigenvalue weighted by atomic mass is 16.4. The first-order valence-electron chi connectivity index (χ1n) is 8.51. The quantitative estimate of drug-likeness (QED) is 0.676. The van der Waals surface area contributed by atoms with Gasteiger partial charge in [-0.3, -0.25) is 19.3 Å². The summed E-state index contributed by atoms with van der Waals surface area (Å²) in [5.41, 5.74) is 0. The average molecular weight is 325 g/mol. The molecule has 130 valence electrons. The fourth-order valence-electron chi connectivity index (χ4n) is 3.52. The van der Waals surface area contributed by atoms with Gasteiger partial charge in [-0.25, -0.2) is 0 Å². The van der Waals surface area contributed by atoms with Crippen molar-refractivity contribution in [1.82, 2.24) is 15.1 Å². The Kier molecular flexibility index (Phi) is 5.98. The predicted octanol–water partition coefficient (Wildman–Crippen LogP) is 0.441. The molecule has 0 aromatic rings. The molecular weight excluding hydrogens is 298 g/mol. The summed E-state index contributed by atoms with van der Waals surface area (Å²) in [6, 6.07) is -0.0673. The van der Waals surface area contributed by atoms with Crippen molar-refractivity contribution in [3.63, 3.8) is 0 Å². The number of hydrogen-bond acceptors (Lipinski definition) is 4. The second-order valence-electron chi connectivity index (χ2n) is 6.40. The average Bonchev–Trinajstić information content (AvgIpc) is 2.87. The SMILES string of the molecule is CCC(C(=O)NC1CC(N(CC)CC(=O)O)C1)N1CCCC1=O. The minimum atomic E-state index is -0.821. The number of carbonyl (C=O) groups is 3. The van der Waals surface area contributed by atoms with Gasteiger partial charge < -0.3 is 15.3 Å². The molecule has 0 aromatic heterocycles. The molecule has 1 saturated heterocycles. The molecule has 2 N–H and O–H groups in total. The Hall–Kier alpha value is -1.63. The van der Waals surface area contributed by atoms with Gasteiger partial charge in [0.15, 0.2) is 0 Å². The summed E-state index contributed by atoms with van der Waals surface area (Å²) in [7, 11) is 0. The summed E-state index contributed by atoms with van der Waals surface area (Å²) in [5.74, 6) is -0.831. The smallest absolute Gasteiger partial charge is 0.317 e. The molecule has 0 spiro atoms. The molecule has 2 aliphatic rings. The van der Waals surface area contributed by atoms with Crippen LogP contribution in [0.25, 0.3) is 0 Å². The largest absolute Gasteiger partial charge is 0.480 e. The van der Waals surface area contributed by atoms with Crippen LogP contribution in [0.5, 0.6) is 0 Å². The second kappa shape index (κ2) is 7.77. The van der Waals surface area contributed by atoms with Gasteiger partial charge in [-0.2, -0.15) is 0 Å². The number of carboxylic acid groups (broad SMARTS) is 1. The van der Waals surface area contributed by atoms with Crippen LogP contribution in [-0.4, -0.2) is 70.4 Å². The molecule has 2 fully saturated rings. The van der Waals surface area contributed by atoms with E-state index in [0.29, 0.717) is 25.9 Å². The van der Waals surface area contributed by atoms with Crippen molar-refractivity contribution in [2.24, 2.45) is 0 Å². The van der Waals surface area contributed by atoms with Crippen molar-refractivity contribution in [3.8, 4) is 0 Å². The molecule has 2 rings (SSSR count). The number of carbonyl (C=O) groups excluding carboxylic acids is 2. The van der Waals surface area contributed by atoms with E-state index in [2.05, 4.69) is 5.32 Å². The van der Waals surface area contributed by atoms with Crippen molar-refractivity contribution < 1.29 is 19.5 Å². The van der Waals surface area contributed by atoms with Gasteiger partial charge >= 0.3 is 5.97 Å². The molecule has 0 radical (unpaired) electrons. The van der Waals surface area contributed by atoms with Crippen molar-refractivity contribution in [1.29, 1.82) is 0 Å². The predicted molar refractivity (Wildman–Crippen MR) is 84.9 cm³/mol. The Bertz CT molecular complexity index is 462. The first kappa shape index (κ1) is 17.7. The number of aliphatic carboxylic acids is 1. The topological polar surface area (TPSA) is 89.9 Å². The summed E-state index contributed by atoms with van der Waals surface area (Å²) in [6.07, 6.45) is 3.53. The molecule has 2 amide bonds. The Labute approximate surface area is 137 Å². The number of nitrogens with one attached hydrogen (secondary N) is 1. The highest BCUT2D eigenvalue weighted by Gasteiger charge is 2.37. The lowest BCUT2D eigenvalue weighted by molar-refractivity contribution is -0.140. The van der Waals surface area contributed by atoms with Crippen LogP contribution in [0.1, 0.15) is 46.0 Å². The van der Waals surface area contributed by atoms with Crippen molar-refractivity contribution >= 4 is 17.8 Å². The van der Waals surface area contributed by atoms with Gasteiger partial charge in [-0.05, 0) is 32.2 Å². The van der Waals surface area contributed by atoms with Gasteiger partial charge in [-0.15, -0.1) is 0 Å². The Balaban J connectivity index is 1.80. The third-order valence-electron chi connectivity index (χ3n) is 4.90. The van der Waals surface area contributed by atoms with Gasteiger partial charge in [0.25, 0.3) is 0 Å². The lowest BCUT2D eigenvalue weighted by Gasteiger charge is -2.43.